The van der Waals surface area contributed by atoms with Crippen molar-refractivity contribution >= 4 is 17.6 Å². The Morgan fingerprint density at radius 1 is 1.08 bits per heavy atom. The molecule has 0 saturated carbocycles. The van der Waals surface area contributed by atoms with Gasteiger partial charge in [-0.15, -0.1) is 0 Å². The number of rotatable bonds is 3. The second-order valence-corrected chi connectivity index (χ2v) is 6.42. The lowest BCUT2D eigenvalue weighted by Gasteiger charge is -2.30. The Balaban J connectivity index is 1.64. The summed E-state index contributed by atoms with van der Waals surface area (Å²) in [5, 5.41) is 5.82. The molecule has 1 aliphatic rings. The number of nitrogens with one attached hydrogen (secondary N) is 2. The van der Waals surface area contributed by atoms with Crippen molar-refractivity contribution in [3.8, 4) is 0 Å². The van der Waals surface area contributed by atoms with E-state index in [9.17, 15) is 9.59 Å². The lowest BCUT2D eigenvalue weighted by Crippen LogP contribution is -2.43. The minimum atomic E-state index is -0.140. The monoisotopic (exact) mass is 337 g/mol. The zero-order chi connectivity index (χ0) is 17.8. The van der Waals surface area contributed by atoms with Gasteiger partial charge in [-0.25, -0.2) is 4.79 Å². The SMILES string of the molecule is CC(=O)Nc1cccc([C@H](C)NC(=O)N2CCc3ccccc3C2)c1. The van der Waals surface area contributed by atoms with E-state index < -0.39 is 0 Å². The Morgan fingerprint density at radius 2 is 1.84 bits per heavy atom. The maximum atomic E-state index is 12.6. The molecule has 5 heteroatoms. The largest absolute Gasteiger partial charge is 0.331 e. The summed E-state index contributed by atoms with van der Waals surface area (Å²) in [5.74, 6) is -0.110. The molecule has 0 bridgehead atoms. The number of benzene rings is 2. The van der Waals surface area contributed by atoms with Gasteiger partial charge in [-0.3, -0.25) is 4.79 Å². The average Bonchev–Trinajstić information content (AvgIpc) is 2.61. The van der Waals surface area contributed by atoms with Crippen LogP contribution in [-0.2, 0) is 17.8 Å². The van der Waals surface area contributed by atoms with Gasteiger partial charge in [0, 0.05) is 25.7 Å². The van der Waals surface area contributed by atoms with E-state index in [1.807, 2.05) is 48.2 Å². The van der Waals surface area contributed by atoms with Gasteiger partial charge in [-0.05, 0) is 42.2 Å². The highest BCUT2D eigenvalue weighted by atomic mass is 16.2. The number of carbonyl (C=O) groups excluding carboxylic acids is 2. The van der Waals surface area contributed by atoms with Gasteiger partial charge in [0.25, 0.3) is 0 Å². The molecule has 2 N–H and O–H groups in total. The van der Waals surface area contributed by atoms with Crippen LogP contribution in [0.2, 0.25) is 0 Å². The van der Waals surface area contributed by atoms with Gasteiger partial charge in [0.05, 0.1) is 6.04 Å². The predicted octanol–water partition coefficient (Wildman–Crippen LogP) is 3.47. The number of carbonyl (C=O) groups is 2. The van der Waals surface area contributed by atoms with Crippen LogP contribution in [0.5, 0.6) is 0 Å². The van der Waals surface area contributed by atoms with E-state index in [1.54, 1.807) is 0 Å². The van der Waals surface area contributed by atoms with Crippen molar-refractivity contribution in [3.05, 3.63) is 65.2 Å². The van der Waals surface area contributed by atoms with Crippen LogP contribution in [0.25, 0.3) is 0 Å². The molecular weight excluding hydrogens is 314 g/mol. The standard InChI is InChI=1S/C20H23N3O2/c1-14(17-8-5-9-19(12-17)22-15(2)24)21-20(25)23-11-10-16-6-3-4-7-18(16)13-23/h3-9,12,14H,10-11,13H2,1-2H3,(H,21,25)(H,22,24)/t14-/m0/s1. The third-order valence-electron chi connectivity index (χ3n) is 4.46. The molecule has 2 aromatic carbocycles. The first-order chi connectivity index (χ1) is 12.0. The van der Waals surface area contributed by atoms with Gasteiger partial charge in [0.15, 0.2) is 0 Å². The fraction of sp³-hybridized carbons (Fsp3) is 0.300. The van der Waals surface area contributed by atoms with E-state index in [0.717, 1.165) is 24.2 Å². The minimum Gasteiger partial charge on any atom is -0.331 e. The maximum absolute atomic E-state index is 12.6. The number of fused-ring (bicyclic) bond motifs is 1. The third kappa shape index (κ3) is 4.18. The Morgan fingerprint density at radius 3 is 2.60 bits per heavy atom. The molecule has 0 saturated heterocycles. The van der Waals surface area contributed by atoms with E-state index in [-0.39, 0.29) is 18.0 Å². The quantitative estimate of drug-likeness (QED) is 0.901. The summed E-state index contributed by atoms with van der Waals surface area (Å²) in [6.45, 7) is 4.79. The Bertz CT molecular complexity index is 788. The van der Waals surface area contributed by atoms with Gasteiger partial charge in [-0.2, -0.15) is 0 Å². The van der Waals surface area contributed by atoms with E-state index in [0.29, 0.717) is 6.54 Å². The molecule has 130 valence electrons. The molecule has 3 rings (SSSR count). The molecule has 0 aliphatic carbocycles. The van der Waals surface area contributed by atoms with Crippen molar-refractivity contribution < 1.29 is 9.59 Å². The summed E-state index contributed by atoms with van der Waals surface area (Å²) in [6, 6.07) is 15.6. The second kappa shape index (κ2) is 7.38. The van der Waals surface area contributed by atoms with Crippen molar-refractivity contribution in [2.24, 2.45) is 0 Å². The number of nitrogens with zero attached hydrogens (tertiary/aromatic N) is 1. The molecule has 3 amide bonds. The van der Waals surface area contributed by atoms with Gasteiger partial charge in [0.1, 0.15) is 0 Å². The van der Waals surface area contributed by atoms with Crippen LogP contribution >= 0.6 is 0 Å². The average molecular weight is 337 g/mol. The van der Waals surface area contributed by atoms with Crippen molar-refractivity contribution in [3.63, 3.8) is 0 Å². The Kier molecular flexibility index (Phi) is 5.03. The maximum Gasteiger partial charge on any atom is 0.318 e. The highest BCUT2D eigenvalue weighted by Gasteiger charge is 2.21. The summed E-state index contributed by atoms with van der Waals surface area (Å²) in [7, 11) is 0. The Hall–Kier alpha value is -2.82. The van der Waals surface area contributed by atoms with Gasteiger partial charge < -0.3 is 15.5 Å². The van der Waals surface area contributed by atoms with Crippen LogP contribution < -0.4 is 10.6 Å². The topological polar surface area (TPSA) is 61.4 Å². The van der Waals surface area contributed by atoms with Crippen LogP contribution in [-0.4, -0.2) is 23.4 Å². The summed E-state index contributed by atoms with van der Waals surface area (Å²) < 4.78 is 0. The molecule has 0 fully saturated rings. The first-order valence-electron chi connectivity index (χ1n) is 8.52. The highest BCUT2D eigenvalue weighted by molar-refractivity contribution is 5.88. The lowest BCUT2D eigenvalue weighted by atomic mass is 10.0. The minimum absolute atomic E-state index is 0.0630. The number of anilines is 1. The first kappa shape index (κ1) is 17.0. The normalized spacial score (nSPS) is 14.4. The molecular formula is C20H23N3O2. The van der Waals surface area contributed by atoms with Crippen LogP contribution in [0.4, 0.5) is 10.5 Å². The van der Waals surface area contributed by atoms with E-state index in [4.69, 9.17) is 0 Å². The van der Waals surface area contributed by atoms with Crippen molar-refractivity contribution in [2.75, 3.05) is 11.9 Å². The number of amides is 3. The predicted molar refractivity (Wildman–Crippen MR) is 98.2 cm³/mol. The second-order valence-electron chi connectivity index (χ2n) is 6.42. The van der Waals surface area contributed by atoms with Gasteiger partial charge in [-0.1, -0.05) is 36.4 Å². The van der Waals surface area contributed by atoms with E-state index in [2.05, 4.69) is 22.8 Å². The highest BCUT2D eigenvalue weighted by Crippen LogP contribution is 2.21. The third-order valence-corrected chi connectivity index (χ3v) is 4.46. The smallest absolute Gasteiger partial charge is 0.318 e. The summed E-state index contributed by atoms with van der Waals surface area (Å²) >= 11 is 0. The fourth-order valence-electron chi connectivity index (χ4n) is 3.12. The molecule has 0 unspecified atom stereocenters. The molecule has 1 aliphatic heterocycles. The molecule has 2 aromatic rings. The van der Waals surface area contributed by atoms with Crippen LogP contribution in [0.1, 0.15) is 36.6 Å². The molecule has 0 spiro atoms. The van der Waals surface area contributed by atoms with Crippen molar-refractivity contribution in [1.82, 2.24) is 10.2 Å². The van der Waals surface area contributed by atoms with E-state index >= 15 is 0 Å². The summed E-state index contributed by atoms with van der Waals surface area (Å²) in [5.41, 5.74) is 4.22. The number of urea groups is 1. The zero-order valence-electron chi connectivity index (χ0n) is 14.6. The zero-order valence-corrected chi connectivity index (χ0v) is 14.6. The molecule has 0 radical (unpaired) electrons. The summed E-state index contributed by atoms with van der Waals surface area (Å²) in [6.07, 6.45) is 0.885. The lowest BCUT2D eigenvalue weighted by molar-refractivity contribution is -0.114. The molecule has 5 nitrogen and oxygen atoms in total. The van der Waals surface area contributed by atoms with E-state index in [1.165, 1.54) is 18.1 Å². The first-order valence-corrected chi connectivity index (χ1v) is 8.52. The fourth-order valence-corrected chi connectivity index (χ4v) is 3.12. The van der Waals surface area contributed by atoms with Crippen LogP contribution in [0.3, 0.4) is 0 Å². The molecule has 25 heavy (non-hydrogen) atoms. The van der Waals surface area contributed by atoms with Gasteiger partial charge >= 0.3 is 6.03 Å². The van der Waals surface area contributed by atoms with Crippen LogP contribution in [0, 0.1) is 0 Å². The number of hydrogen-bond acceptors (Lipinski definition) is 2. The molecule has 0 aromatic heterocycles. The Labute approximate surface area is 148 Å². The molecule has 1 heterocycles. The molecule has 1 atom stereocenters. The number of hydrogen-bond donors (Lipinski definition) is 2. The van der Waals surface area contributed by atoms with Crippen molar-refractivity contribution in [2.45, 2.75) is 32.9 Å². The van der Waals surface area contributed by atoms with Crippen LogP contribution in [0.15, 0.2) is 48.5 Å². The van der Waals surface area contributed by atoms with Crippen molar-refractivity contribution in [1.29, 1.82) is 0 Å². The van der Waals surface area contributed by atoms with Gasteiger partial charge in [0.2, 0.25) is 5.91 Å². The summed E-state index contributed by atoms with van der Waals surface area (Å²) in [4.78, 5) is 25.6.